The molecule has 2 aromatic rings. The van der Waals surface area contributed by atoms with Crippen LogP contribution in [0, 0.1) is 0 Å². The molecule has 4 unspecified atom stereocenters. The third-order valence-electron chi connectivity index (χ3n) is 4.45. The van der Waals surface area contributed by atoms with Crippen molar-refractivity contribution < 1.29 is 29.3 Å². The Labute approximate surface area is 167 Å². The Balaban J connectivity index is 1.77. The van der Waals surface area contributed by atoms with Crippen molar-refractivity contribution in [2.24, 2.45) is 0 Å². The van der Waals surface area contributed by atoms with E-state index in [4.69, 9.17) is 21.1 Å². The molecule has 1 aliphatic rings. The molecule has 0 bridgehead atoms. The van der Waals surface area contributed by atoms with Gasteiger partial charge >= 0.3 is 11.9 Å². The van der Waals surface area contributed by atoms with Crippen LogP contribution in [-0.2, 0) is 9.47 Å². The van der Waals surface area contributed by atoms with Crippen LogP contribution in [-0.4, -0.2) is 51.9 Å². The summed E-state index contributed by atoms with van der Waals surface area (Å²) in [5.74, 6) is -1.41. The van der Waals surface area contributed by atoms with Crippen molar-refractivity contribution in [2.75, 3.05) is 6.61 Å². The average Bonchev–Trinajstić information content (AvgIpc) is 2.73. The lowest BCUT2D eigenvalue weighted by molar-refractivity contribution is -0.142. The molecule has 0 amide bonds. The molecule has 7 heteroatoms. The lowest BCUT2D eigenvalue weighted by Crippen LogP contribution is -2.61. The molecule has 2 N–H and O–H groups in total. The van der Waals surface area contributed by atoms with Gasteiger partial charge in [-0.25, -0.2) is 9.59 Å². The Bertz CT molecular complexity index is 854. The molecule has 1 aliphatic carbocycles. The van der Waals surface area contributed by atoms with E-state index in [0.717, 1.165) is 0 Å². The van der Waals surface area contributed by atoms with Crippen molar-refractivity contribution in [3.8, 4) is 0 Å². The standard InChI is InChI=1S/C21H19ClO6/c22-17-12-11-16(23)18(28-20(25)15-9-5-2-6-10-15)21(17,26)13-27-19(24)14-7-3-1-4-8-14/h1-12,16-18,23,26H,13H2. The first kappa shape index (κ1) is 20.1. The number of esters is 2. The number of alkyl halides is 1. The summed E-state index contributed by atoms with van der Waals surface area (Å²) in [6.45, 7) is -0.566. The zero-order valence-electron chi connectivity index (χ0n) is 14.8. The van der Waals surface area contributed by atoms with Gasteiger partial charge in [0.05, 0.1) is 16.5 Å². The highest BCUT2D eigenvalue weighted by atomic mass is 35.5. The van der Waals surface area contributed by atoms with Crippen molar-refractivity contribution in [3.05, 3.63) is 83.9 Å². The van der Waals surface area contributed by atoms with Gasteiger partial charge in [0.2, 0.25) is 0 Å². The third kappa shape index (κ3) is 4.25. The van der Waals surface area contributed by atoms with Crippen molar-refractivity contribution in [3.63, 3.8) is 0 Å². The van der Waals surface area contributed by atoms with E-state index < -0.39 is 41.7 Å². The molecule has 0 aromatic heterocycles. The van der Waals surface area contributed by atoms with Gasteiger partial charge in [-0.1, -0.05) is 48.6 Å². The summed E-state index contributed by atoms with van der Waals surface area (Å²) < 4.78 is 10.5. The molecule has 0 fully saturated rings. The smallest absolute Gasteiger partial charge is 0.338 e. The van der Waals surface area contributed by atoms with Crippen LogP contribution in [0.25, 0.3) is 0 Å². The SMILES string of the molecule is O=C(OCC1(O)C(Cl)C=CC(O)C1OC(=O)c1ccccc1)c1ccccc1. The van der Waals surface area contributed by atoms with E-state index in [1.807, 2.05) is 0 Å². The minimum atomic E-state index is -2.01. The molecule has 3 rings (SSSR count). The highest BCUT2D eigenvalue weighted by Crippen LogP contribution is 2.32. The maximum Gasteiger partial charge on any atom is 0.338 e. The minimum Gasteiger partial charge on any atom is -0.459 e. The van der Waals surface area contributed by atoms with E-state index in [0.29, 0.717) is 5.56 Å². The molecule has 4 atom stereocenters. The number of rotatable bonds is 5. The number of ether oxygens (including phenoxy) is 2. The van der Waals surface area contributed by atoms with Crippen LogP contribution in [0.2, 0.25) is 0 Å². The van der Waals surface area contributed by atoms with Gasteiger partial charge in [-0.3, -0.25) is 0 Å². The summed E-state index contributed by atoms with van der Waals surface area (Å²) in [6.07, 6.45) is -0.0388. The quantitative estimate of drug-likeness (QED) is 0.453. The molecular formula is C21H19ClO6. The maximum absolute atomic E-state index is 12.4. The average molecular weight is 403 g/mol. The van der Waals surface area contributed by atoms with Crippen LogP contribution in [0.4, 0.5) is 0 Å². The fourth-order valence-corrected chi connectivity index (χ4v) is 3.13. The van der Waals surface area contributed by atoms with E-state index >= 15 is 0 Å². The molecule has 0 radical (unpaired) electrons. The van der Waals surface area contributed by atoms with Gasteiger partial charge in [0.25, 0.3) is 0 Å². The van der Waals surface area contributed by atoms with Gasteiger partial charge in [0.1, 0.15) is 12.7 Å². The number of halogens is 1. The normalized spacial score (nSPS) is 26.5. The Kier molecular flexibility index (Phi) is 6.14. The number of carbonyl (C=O) groups is 2. The monoisotopic (exact) mass is 402 g/mol. The van der Waals surface area contributed by atoms with Crippen LogP contribution in [0.1, 0.15) is 20.7 Å². The minimum absolute atomic E-state index is 0.249. The molecule has 2 aromatic carbocycles. The maximum atomic E-state index is 12.4. The summed E-state index contributed by atoms with van der Waals surface area (Å²) in [7, 11) is 0. The van der Waals surface area contributed by atoms with Crippen LogP contribution in [0.3, 0.4) is 0 Å². The molecule has 0 saturated carbocycles. The molecule has 0 spiro atoms. The van der Waals surface area contributed by atoms with E-state index in [1.165, 1.54) is 12.2 Å². The number of hydrogen-bond acceptors (Lipinski definition) is 6. The summed E-state index contributed by atoms with van der Waals surface area (Å²) in [6, 6.07) is 16.4. The van der Waals surface area contributed by atoms with Crippen molar-refractivity contribution in [1.29, 1.82) is 0 Å². The predicted octanol–water partition coefficient (Wildman–Crippen LogP) is 2.34. The van der Waals surface area contributed by atoms with Crippen LogP contribution in [0.5, 0.6) is 0 Å². The summed E-state index contributed by atoms with van der Waals surface area (Å²) >= 11 is 6.21. The molecule has 0 aliphatic heterocycles. The Morgan fingerprint density at radius 3 is 2.04 bits per heavy atom. The van der Waals surface area contributed by atoms with Gasteiger partial charge < -0.3 is 19.7 Å². The predicted molar refractivity (Wildman–Crippen MR) is 102 cm³/mol. The molecule has 0 saturated heterocycles. The van der Waals surface area contributed by atoms with Gasteiger partial charge in [0.15, 0.2) is 11.7 Å². The van der Waals surface area contributed by atoms with Crippen LogP contribution >= 0.6 is 11.6 Å². The van der Waals surface area contributed by atoms with E-state index in [-0.39, 0.29) is 5.56 Å². The van der Waals surface area contributed by atoms with E-state index in [2.05, 4.69) is 0 Å². The second-order valence-electron chi connectivity index (χ2n) is 6.40. The second kappa shape index (κ2) is 8.56. The Morgan fingerprint density at radius 1 is 0.929 bits per heavy atom. The number of hydrogen-bond donors (Lipinski definition) is 2. The molecule has 6 nitrogen and oxygen atoms in total. The third-order valence-corrected chi connectivity index (χ3v) is 4.97. The molecule has 146 valence electrons. The first-order chi connectivity index (χ1) is 13.4. The highest BCUT2D eigenvalue weighted by molar-refractivity contribution is 6.22. The molecular weight excluding hydrogens is 384 g/mol. The van der Waals surface area contributed by atoms with E-state index in [9.17, 15) is 19.8 Å². The zero-order chi connectivity index (χ0) is 20.1. The first-order valence-corrected chi connectivity index (χ1v) is 9.06. The van der Waals surface area contributed by atoms with Gasteiger partial charge in [-0.05, 0) is 24.3 Å². The van der Waals surface area contributed by atoms with Crippen molar-refractivity contribution in [2.45, 2.75) is 23.2 Å². The summed E-state index contributed by atoms with van der Waals surface area (Å²) in [5, 5.41) is 20.3. The van der Waals surface area contributed by atoms with Crippen LogP contribution in [0.15, 0.2) is 72.8 Å². The van der Waals surface area contributed by atoms with Crippen LogP contribution < -0.4 is 0 Å². The number of aliphatic hydroxyl groups excluding tert-OH is 1. The lowest BCUT2D eigenvalue weighted by atomic mass is 9.84. The largest absolute Gasteiger partial charge is 0.459 e. The number of aliphatic hydroxyl groups is 2. The number of benzene rings is 2. The highest BCUT2D eigenvalue weighted by Gasteiger charge is 2.51. The summed E-state index contributed by atoms with van der Waals surface area (Å²) in [4.78, 5) is 24.6. The Morgan fingerprint density at radius 2 is 1.46 bits per heavy atom. The van der Waals surface area contributed by atoms with Gasteiger partial charge in [0, 0.05) is 0 Å². The van der Waals surface area contributed by atoms with Crippen molar-refractivity contribution >= 4 is 23.5 Å². The summed E-state index contributed by atoms with van der Waals surface area (Å²) in [5.41, 5.74) is -1.47. The molecule has 0 heterocycles. The zero-order valence-corrected chi connectivity index (χ0v) is 15.5. The topological polar surface area (TPSA) is 93.1 Å². The fourth-order valence-electron chi connectivity index (χ4n) is 2.86. The fraction of sp³-hybridized carbons (Fsp3) is 0.238. The van der Waals surface area contributed by atoms with Gasteiger partial charge in [-0.15, -0.1) is 11.6 Å². The number of carbonyl (C=O) groups excluding carboxylic acids is 2. The first-order valence-electron chi connectivity index (χ1n) is 8.63. The second-order valence-corrected chi connectivity index (χ2v) is 6.87. The van der Waals surface area contributed by atoms with E-state index in [1.54, 1.807) is 60.7 Å². The van der Waals surface area contributed by atoms with Gasteiger partial charge in [-0.2, -0.15) is 0 Å². The lowest BCUT2D eigenvalue weighted by Gasteiger charge is -2.41. The van der Waals surface area contributed by atoms with Crippen molar-refractivity contribution in [1.82, 2.24) is 0 Å². The Hall–Kier alpha value is -2.67. The molecule has 28 heavy (non-hydrogen) atoms.